The van der Waals surface area contributed by atoms with Gasteiger partial charge in [0.15, 0.2) is 11.9 Å². The highest BCUT2D eigenvalue weighted by atomic mass is 31.2. The third-order valence-corrected chi connectivity index (χ3v) is 13.9. The van der Waals surface area contributed by atoms with Crippen molar-refractivity contribution in [1.29, 1.82) is 0 Å². The highest BCUT2D eigenvalue weighted by molar-refractivity contribution is 7.47. The van der Waals surface area contributed by atoms with Crippen LogP contribution < -0.4 is 0 Å². The number of carbonyl (C=O) groups excluding carboxylic acids is 1. The third-order valence-electron chi connectivity index (χ3n) is 12.9. The van der Waals surface area contributed by atoms with E-state index in [1.54, 1.807) is 0 Å². The summed E-state index contributed by atoms with van der Waals surface area (Å²) in [6.45, 7) is 11.3. The van der Waals surface area contributed by atoms with Crippen LogP contribution in [0.4, 0.5) is 0 Å². The number of fused-ring (bicyclic) bond motifs is 5. The molecule has 5 rings (SSSR count). The zero-order chi connectivity index (χ0) is 31.3. The first kappa shape index (κ1) is 33.2. The van der Waals surface area contributed by atoms with Gasteiger partial charge in [0.25, 0.3) is 5.76 Å². The highest BCUT2D eigenvalue weighted by Gasteiger charge is 2.57. The number of hydrogen-bond acceptors (Lipinski definition) is 8. The Balaban J connectivity index is 1.18. The van der Waals surface area contributed by atoms with E-state index >= 15 is 0 Å². The molecule has 2 unspecified atom stereocenters. The number of rotatable bonds is 11. The van der Waals surface area contributed by atoms with Crippen LogP contribution in [0.3, 0.4) is 0 Å². The number of aliphatic hydroxyl groups excluding tert-OH is 3. The number of esters is 1. The second-order valence-corrected chi connectivity index (χ2v) is 16.7. The van der Waals surface area contributed by atoms with Crippen molar-refractivity contribution in [2.75, 3.05) is 6.61 Å². The molecule has 0 amide bonds. The number of cyclic esters (lactones) is 1. The summed E-state index contributed by atoms with van der Waals surface area (Å²) < 4.78 is 28.3. The average Bonchev–Trinajstić information content (AvgIpc) is 3.52. The first-order valence-corrected chi connectivity index (χ1v) is 18.4. The molecule has 1 aliphatic heterocycles. The lowest BCUT2D eigenvalue weighted by Gasteiger charge is -2.59. The Labute approximate surface area is 257 Å². The lowest BCUT2D eigenvalue weighted by Crippen LogP contribution is -2.52. The van der Waals surface area contributed by atoms with Crippen molar-refractivity contribution in [2.45, 2.75) is 124 Å². The van der Waals surface area contributed by atoms with E-state index in [0.29, 0.717) is 24.7 Å². The van der Waals surface area contributed by atoms with E-state index in [0.717, 1.165) is 54.3 Å². The molecule has 4 fully saturated rings. The molecule has 0 radical (unpaired) electrons. The predicted octanol–water partition coefficient (Wildman–Crippen LogP) is 6.51. The fraction of sp³-hybridized carbons (Fsp3) is 0.909. The Morgan fingerprint density at radius 3 is 2.40 bits per heavy atom. The van der Waals surface area contributed by atoms with Gasteiger partial charge in [0.05, 0.1) is 12.7 Å². The van der Waals surface area contributed by atoms with E-state index < -0.39 is 50.2 Å². The topological polar surface area (TPSA) is 143 Å². The Bertz CT molecular complexity index is 1090. The van der Waals surface area contributed by atoms with Crippen molar-refractivity contribution < 1.29 is 43.4 Å². The van der Waals surface area contributed by atoms with Crippen molar-refractivity contribution in [2.24, 2.45) is 58.7 Å². The summed E-state index contributed by atoms with van der Waals surface area (Å²) in [6, 6.07) is 0. The number of phosphoric ester groups is 1. The van der Waals surface area contributed by atoms with Crippen LogP contribution >= 0.6 is 7.82 Å². The molecule has 5 aliphatic rings. The maximum absolute atomic E-state index is 12.9. The molecular weight excluding hydrogens is 571 g/mol. The maximum Gasteiger partial charge on any atom is 0.528 e. The van der Waals surface area contributed by atoms with Gasteiger partial charge in [0.1, 0.15) is 6.10 Å². The van der Waals surface area contributed by atoms with E-state index in [1.165, 1.54) is 44.9 Å². The molecule has 10 heteroatoms. The van der Waals surface area contributed by atoms with Crippen LogP contribution in [0.15, 0.2) is 11.5 Å². The fourth-order valence-corrected chi connectivity index (χ4v) is 11.0. The molecule has 246 valence electrons. The first-order valence-electron chi connectivity index (χ1n) is 16.9. The molecule has 9 nitrogen and oxygen atoms in total. The lowest BCUT2D eigenvalue weighted by molar-refractivity contribution is -0.147. The molecule has 0 saturated heterocycles. The highest BCUT2D eigenvalue weighted by Crippen LogP contribution is 2.65. The van der Waals surface area contributed by atoms with E-state index in [1.807, 2.05) is 0 Å². The zero-order valence-electron chi connectivity index (χ0n) is 26.7. The Hall–Kier alpha value is -1.12. The smallest absolute Gasteiger partial charge is 0.505 e. The first-order chi connectivity index (χ1) is 20.3. The van der Waals surface area contributed by atoms with Gasteiger partial charge in [-0.25, -0.2) is 9.36 Å². The molecule has 13 atom stereocenters. The Morgan fingerprint density at radius 2 is 1.70 bits per heavy atom. The van der Waals surface area contributed by atoms with E-state index in [4.69, 9.17) is 18.9 Å². The van der Waals surface area contributed by atoms with Gasteiger partial charge >= 0.3 is 13.8 Å². The van der Waals surface area contributed by atoms with Gasteiger partial charge in [-0.15, -0.1) is 0 Å². The normalized spacial score (nSPS) is 41.1. The molecule has 4 N–H and O–H groups in total. The molecular formula is C33H55O9P. The van der Waals surface area contributed by atoms with Crippen LogP contribution in [-0.2, 0) is 23.1 Å². The molecule has 0 aromatic heterocycles. The largest absolute Gasteiger partial charge is 0.528 e. The zero-order valence-corrected chi connectivity index (χ0v) is 27.6. The summed E-state index contributed by atoms with van der Waals surface area (Å²) in [4.78, 5) is 22.6. The van der Waals surface area contributed by atoms with Crippen molar-refractivity contribution in [3.05, 3.63) is 11.5 Å². The van der Waals surface area contributed by atoms with Gasteiger partial charge in [0.2, 0.25) is 0 Å². The predicted molar refractivity (Wildman–Crippen MR) is 161 cm³/mol. The molecule has 4 saturated carbocycles. The Morgan fingerprint density at radius 1 is 1.00 bits per heavy atom. The standard InChI is InChI=1S/C33H55O9P/c1-18(2)19(3)6-7-20(4)23-10-11-25-24(23)12-13-27-26(25)9-8-21-16-22(14-15-33(21,27)5)41-43(38,39)42-31-29(36)30(28(35)17-34)40-32(31)37/h18-28,30,34-36H,6-17H2,1-5H3,(H,38,39)/t19-,20-,21+,22+,23-,24?,25-,26+,27+,28+,30-,33+/m1/s1. The van der Waals surface area contributed by atoms with Crippen LogP contribution in [0, 0.1) is 58.7 Å². The average molecular weight is 627 g/mol. The summed E-state index contributed by atoms with van der Waals surface area (Å²) in [6.07, 6.45) is 8.98. The van der Waals surface area contributed by atoms with Gasteiger partial charge in [0, 0.05) is 0 Å². The summed E-state index contributed by atoms with van der Waals surface area (Å²) >= 11 is 0. The Kier molecular flexibility index (Phi) is 10.0. The monoisotopic (exact) mass is 626 g/mol. The number of hydrogen-bond donors (Lipinski definition) is 4. The summed E-state index contributed by atoms with van der Waals surface area (Å²) in [5.41, 5.74) is 0.189. The van der Waals surface area contributed by atoms with Gasteiger partial charge in [-0.1, -0.05) is 47.5 Å². The summed E-state index contributed by atoms with van der Waals surface area (Å²) in [5.74, 6) is 3.90. The number of aliphatic hydroxyl groups is 3. The number of carbonyl (C=O) groups is 1. The van der Waals surface area contributed by atoms with Crippen LogP contribution in [0.5, 0.6) is 0 Å². The summed E-state index contributed by atoms with van der Waals surface area (Å²) in [5, 5.41) is 29.1. The van der Waals surface area contributed by atoms with Gasteiger partial charge in [-0.05, 0) is 116 Å². The molecule has 0 spiro atoms. The minimum absolute atomic E-state index is 0.189. The summed E-state index contributed by atoms with van der Waals surface area (Å²) in [7, 11) is -4.76. The van der Waals surface area contributed by atoms with Gasteiger partial charge in [-0.3, -0.25) is 9.42 Å². The number of phosphoric acid groups is 1. The van der Waals surface area contributed by atoms with E-state index in [2.05, 4.69) is 34.6 Å². The lowest BCUT2D eigenvalue weighted by atomic mass is 9.46. The molecule has 0 bridgehead atoms. The molecule has 0 aromatic carbocycles. The van der Waals surface area contributed by atoms with Crippen molar-refractivity contribution in [3.8, 4) is 0 Å². The molecule has 43 heavy (non-hydrogen) atoms. The van der Waals surface area contributed by atoms with Gasteiger partial charge in [-0.2, -0.15) is 0 Å². The van der Waals surface area contributed by atoms with Crippen LogP contribution in [0.25, 0.3) is 0 Å². The van der Waals surface area contributed by atoms with Crippen LogP contribution in [0.2, 0.25) is 0 Å². The van der Waals surface area contributed by atoms with Crippen LogP contribution in [-0.4, -0.2) is 51.1 Å². The van der Waals surface area contributed by atoms with Crippen molar-refractivity contribution in [1.82, 2.24) is 0 Å². The molecule has 1 heterocycles. The maximum atomic E-state index is 12.9. The minimum atomic E-state index is -4.76. The number of ether oxygens (including phenoxy) is 1. The fourth-order valence-electron chi connectivity index (χ4n) is 10.0. The van der Waals surface area contributed by atoms with Crippen molar-refractivity contribution >= 4 is 13.8 Å². The molecule has 0 aromatic rings. The second kappa shape index (κ2) is 12.9. The SMILES string of the molecule is CC(C)[C@H](C)CC[C@@H](C)[C@H]1CC[C@@H]2C1CC[C@H]1[C@H]2CC[C@H]2C[C@@H](OP(=O)(O)OC3=C(O)[C@@H]([C@@H](O)CO)OC3=O)CC[C@@]21C. The molecule has 4 aliphatic carbocycles. The third kappa shape index (κ3) is 6.58. The van der Waals surface area contributed by atoms with Crippen LogP contribution in [0.1, 0.15) is 105 Å². The van der Waals surface area contributed by atoms with E-state index in [9.17, 15) is 24.5 Å². The second-order valence-electron chi connectivity index (χ2n) is 15.3. The van der Waals surface area contributed by atoms with E-state index in [-0.39, 0.29) is 5.41 Å². The van der Waals surface area contributed by atoms with Crippen molar-refractivity contribution in [3.63, 3.8) is 0 Å². The minimum Gasteiger partial charge on any atom is -0.505 e. The van der Waals surface area contributed by atoms with Gasteiger partial charge < -0.3 is 24.6 Å². The quantitative estimate of drug-likeness (QED) is 0.149.